The molecule has 0 radical (unpaired) electrons. The van der Waals surface area contributed by atoms with Gasteiger partial charge in [0.2, 0.25) is 0 Å². The highest BCUT2D eigenvalue weighted by Gasteiger charge is 2.20. The summed E-state index contributed by atoms with van der Waals surface area (Å²) in [6.45, 7) is 0.774. The predicted octanol–water partition coefficient (Wildman–Crippen LogP) is 2.33. The molecule has 0 aromatic heterocycles. The summed E-state index contributed by atoms with van der Waals surface area (Å²) in [6.07, 6.45) is 0. The lowest BCUT2D eigenvalue weighted by molar-refractivity contribution is 0.0938. The Bertz CT molecular complexity index is 754. The van der Waals surface area contributed by atoms with Gasteiger partial charge < -0.3 is 24.8 Å². The summed E-state index contributed by atoms with van der Waals surface area (Å²) in [5.41, 5.74) is 0.998. The van der Waals surface area contributed by atoms with Gasteiger partial charge in [-0.25, -0.2) is 0 Å². The van der Waals surface area contributed by atoms with E-state index < -0.39 is 5.91 Å². The molecule has 2 aromatic rings. The second-order valence-electron chi connectivity index (χ2n) is 5.29. The first-order chi connectivity index (χ1) is 12.6. The van der Waals surface area contributed by atoms with Crippen LogP contribution >= 0.6 is 0 Å². The Hall–Kier alpha value is -3.06. The topological polar surface area (TPSA) is 85.9 Å². The summed E-state index contributed by atoms with van der Waals surface area (Å²) in [5.74, 6) is 0.0223. The second kappa shape index (κ2) is 9.43. The maximum Gasteiger partial charge on any atom is 0.263 e. The molecule has 2 N–H and O–H groups in total. The number of ether oxygens (including phenoxy) is 3. The first-order valence-corrected chi connectivity index (χ1v) is 8.00. The molecule has 0 heterocycles. The second-order valence-corrected chi connectivity index (χ2v) is 5.29. The van der Waals surface area contributed by atoms with E-state index >= 15 is 0 Å². The third kappa shape index (κ3) is 4.52. The summed E-state index contributed by atoms with van der Waals surface area (Å²) in [4.78, 5) is 25.1. The maximum absolute atomic E-state index is 12.8. The Morgan fingerprint density at radius 3 is 2.15 bits per heavy atom. The van der Waals surface area contributed by atoms with Gasteiger partial charge in [-0.1, -0.05) is 18.2 Å². The van der Waals surface area contributed by atoms with Crippen molar-refractivity contribution in [1.82, 2.24) is 5.32 Å². The van der Waals surface area contributed by atoms with E-state index in [1.54, 1.807) is 49.6 Å². The van der Waals surface area contributed by atoms with Gasteiger partial charge in [-0.15, -0.1) is 0 Å². The van der Waals surface area contributed by atoms with Gasteiger partial charge >= 0.3 is 0 Å². The number of hydrogen-bond acceptors (Lipinski definition) is 5. The summed E-state index contributed by atoms with van der Waals surface area (Å²) < 4.78 is 15.4. The largest absolute Gasteiger partial charge is 0.496 e. The molecule has 7 nitrogen and oxygen atoms in total. The zero-order chi connectivity index (χ0) is 18.9. The zero-order valence-electron chi connectivity index (χ0n) is 15.0. The predicted molar refractivity (Wildman–Crippen MR) is 98.2 cm³/mol. The molecule has 2 aromatic carbocycles. The molecule has 2 rings (SSSR count). The standard InChI is InChI=1S/C19H22N2O5/c1-24-12-11-20-18(22)13-7-4-5-8-14(13)21-19(23)17-15(25-2)9-6-10-16(17)26-3/h4-10H,11-12H2,1-3H3,(H,20,22)(H,21,23). The highest BCUT2D eigenvalue weighted by Crippen LogP contribution is 2.29. The van der Waals surface area contributed by atoms with Crippen LogP contribution in [0.2, 0.25) is 0 Å². The lowest BCUT2D eigenvalue weighted by atomic mass is 10.1. The molecule has 0 unspecified atom stereocenters. The Morgan fingerprint density at radius 1 is 0.885 bits per heavy atom. The van der Waals surface area contributed by atoms with Crippen LogP contribution in [0.5, 0.6) is 11.5 Å². The van der Waals surface area contributed by atoms with E-state index in [-0.39, 0.29) is 11.5 Å². The van der Waals surface area contributed by atoms with Crippen molar-refractivity contribution in [3.63, 3.8) is 0 Å². The van der Waals surface area contributed by atoms with Crippen molar-refractivity contribution in [2.45, 2.75) is 0 Å². The lowest BCUT2D eigenvalue weighted by Crippen LogP contribution is -2.28. The van der Waals surface area contributed by atoms with Crippen LogP contribution in [0.15, 0.2) is 42.5 Å². The molecule has 0 spiro atoms. The molecule has 138 valence electrons. The van der Waals surface area contributed by atoms with E-state index in [1.807, 2.05) is 0 Å². The number of anilines is 1. The van der Waals surface area contributed by atoms with E-state index in [2.05, 4.69) is 10.6 Å². The van der Waals surface area contributed by atoms with Gasteiger partial charge in [0, 0.05) is 13.7 Å². The fourth-order valence-corrected chi connectivity index (χ4v) is 2.41. The molecular weight excluding hydrogens is 336 g/mol. The summed E-state index contributed by atoms with van der Waals surface area (Å²) in [6, 6.07) is 11.8. The molecular formula is C19H22N2O5. The summed E-state index contributed by atoms with van der Waals surface area (Å²) in [7, 11) is 4.51. The molecule has 26 heavy (non-hydrogen) atoms. The quantitative estimate of drug-likeness (QED) is 0.708. The van der Waals surface area contributed by atoms with Crippen molar-refractivity contribution < 1.29 is 23.8 Å². The number of hydrogen-bond donors (Lipinski definition) is 2. The average Bonchev–Trinajstić information content (AvgIpc) is 2.67. The van der Waals surface area contributed by atoms with Crippen LogP contribution in [0.3, 0.4) is 0 Å². The Kier molecular flexibility index (Phi) is 6.99. The van der Waals surface area contributed by atoms with E-state index in [1.165, 1.54) is 14.2 Å². The molecule has 0 aliphatic heterocycles. The monoisotopic (exact) mass is 358 g/mol. The van der Waals surface area contributed by atoms with Crippen molar-refractivity contribution >= 4 is 17.5 Å². The smallest absolute Gasteiger partial charge is 0.263 e. The normalized spacial score (nSPS) is 10.1. The molecule has 0 aliphatic rings. The number of para-hydroxylation sites is 1. The van der Waals surface area contributed by atoms with E-state index in [0.29, 0.717) is 35.9 Å². The minimum atomic E-state index is -0.434. The number of carbonyl (C=O) groups excluding carboxylic acids is 2. The highest BCUT2D eigenvalue weighted by molar-refractivity contribution is 6.11. The van der Waals surface area contributed by atoms with Gasteiger partial charge in [0.15, 0.2) is 0 Å². The summed E-state index contributed by atoms with van der Waals surface area (Å²) in [5, 5.41) is 5.49. The van der Waals surface area contributed by atoms with Gasteiger partial charge in [0.05, 0.1) is 32.1 Å². The summed E-state index contributed by atoms with van der Waals surface area (Å²) >= 11 is 0. The number of nitrogens with one attached hydrogen (secondary N) is 2. The molecule has 2 amide bonds. The number of amides is 2. The zero-order valence-corrected chi connectivity index (χ0v) is 15.0. The van der Waals surface area contributed by atoms with Crippen molar-refractivity contribution in [2.24, 2.45) is 0 Å². The third-order valence-corrected chi connectivity index (χ3v) is 3.67. The Morgan fingerprint density at radius 2 is 1.54 bits per heavy atom. The SMILES string of the molecule is COCCNC(=O)c1ccccc1NC(=O)c1c(OC)cccc1OC. The Labute approximate surface area is 152 Å². The first kappa shape index (κ1) is 19.3. The van der Waals surface area contributed by atoms with Crippen molar-refractivity contribution in [3.8, 4) is 11.5 Å². The fraction of sp³-hybridized carbons (Fsp3) is 0.263. The van der Waals surface area contributed by atoms with Gasteiger partial charge in [0.1, 0.15) is 17.1 Å². The highest BCUT2D eigenvalue weighted by atomic mass is 16.5. The molecule has 0 atom stereocenters. The minimum Gasteiger partial charge on any atom is -0.496 e. The van der Waals surface area contributed by atoms with Crippen LogP contribution in [0.25, 0.3) is 0 Å². The number of methoxy groups -OCH3 is 3. The first-order valence-electron chi connectivity index (χ1n) is 8.00. The molecule has 0 fully saturated rings. The Balaban J connectivity index is 2.27. The fourth-order valence-electron chi connectivity index (χ4n) is 2.41. The van der Waals surface area contributed by atoms with E-state index in [4.69, 9.17) is 14.2 Å². The molecule has 0 saturated heterocycles. The van der Waals surface area contributed by atoms with Crippen LogP contribution in [0.4, 0.5) is 5.69 Å². The average molecular weight is 358 g/mol. The molecule has 7 heteroatoms. The van der Waals surface area contributed by atoms with Crippen molar-refractivity contribution in [1.29, 1.82) is 0 Å². The van der Waals surface area contributed by atoms with Crippen LogP contribution in [-0.4, -0.2) is 46.3 Å². The van der Waals surface area contributed by atoms with Gasteiger partial charge in [0.25, 0.3) is 11.8 Å². The maximum atomic E-state index is 12.8. The number of rotatable bonds is 8. The van der Waals surface area contributed by atoms with Crippen molar-refractivity contribution in [2.75, 3.05) is 39.8 Å². The number of carbonyl (C=O) groups is 2. The van der Waals surface area contributed by atoms with Crippen LogP contribution in [0.1, 0.15) is 20.7 Å². The van der Waals surface area contributed by atoms with Gasteiger partial charge in [-0.05, 0) is 24.3 Å². The van der Waals surface area contributed by atoms with Gasteiger partial charge in [-0.2, -0.15) is 0 Å². The van der Waals surface area contributed by atoms with Crippen LogP contribution in [0, 0.1) is 0 Å². The third-order valence-electron chi connectivity index (χ3n) is 3.67. The molecule has 0 aliphatic carbocycles. The number of benzene rings is 2. The van der Waals surface area contributed by atoms with Crippen molar-refractivity contribution in [3.05, 3.63) is 53.6 Å². The van der Waals surface area contributed by atoms with E-state index in [9.17, 15) is 9.59 Å². The van der Waals surface area contributed by atoms with E-state index in [0.717, 1.165) is 0 Å². The van der Waals surface area contributed by atoms with Crippen LogP contribution in [-0.2, 0) is 4.74 Å². The lowest BCUT2D eigenvalue weighted by Gasteiger charge is -2.15. The molecule has 0 bridgehead atoms. The minimum absolute atomic E-state index is 0.257. The van der Waals surface area contributed by atoms with Crippen LogP contribution < -0.4 is 20.1 Å². The molecule has 0 saturated carbocycles. The van der Waals surface area contributed by atoms with Gasteiger partial charge in [-0.3, -0.25) is 9.59 Å².